The summed E-state index contributed by atoms with van der Waals surface area (Å²) in [5.41, 5.74) is 5.30. The van der Waals surface area contributed by atoms with Gasteiger partial charge >= 0.3 is 0 Å². The van der Waals surface area contributed by atoms with Crippen molar-refractivity contribution in [3.8, 4) is 0 Å². The van der Waals surface area contributed by atoms with Gasteiger partial charge in [0.25, 0.3) is 17.7 Å². The fourth-order valence-electron chi connectivity index (χ4n) is 2.01. The summed E-state index contributed by atoms with van der Waals surface area (Å²) in [5.74, 6) is -4.28. The second-order valence-electron chi connectivity index (χ2n) is 5.10. The van der Waals surface area contributed by atoms with E-state index < -0.39 is 30.8 Å². The van der Waals surface area contributed by atoms with Crippen LogP contribution in [0.25, 0.3) is 0 Å². The molecule has 0 fully saturated rings. The van der Waals surface area contributed by atoms with Crippen molar-refractivity contribution in [2.75, 3.05) is 25.0 Å². The minimum atomic E-state index is -3.19. The van der Waals surface area contributed by atoms with Crippen molar-refractivity contribution in [3.05, 3.63) is 54.0 Å². The average Bonchev–Trinajstić information content (AvgIpc) is 3.13. The number of anilines is 1. The van der Waals surface area contributed by atoms with Crippen LogP contribution >= 0.6 is 0 Å². The number of rotatable bonds is 6. The zero-order valence-corrected chi connectivity index (χ0v) is 13.0. The predicted octanol–water partition coefficient (Wildman–Crippen LogP) is 1.88. The molecule has 0 atom stereocenters. The molecule has 1 aromatic carbocycles. The van der Waals surface area contributed by atoms with Gasteiger partial charge in [-0.1, -0.05) is 12.1 Å². The standard InChI is InChI=1S/C16H17F2N3O3/c1-21(15(23)13-7-4-8-24-13)12-6-3-2-5-11(12)14(22)20-10-16(17,18)9-19/h2-8H,9-10,19H2,1H3,(H,20,22). The van der Waals surface area contributed by atoms with Gasteiger partial charge in [-0.05, 0) is 24.3 Å². The van der Waals surface area contributed by atoms with E-state index in [4.69, 9.17) is 10.2 Å². The molecule has 2 aromatic rings. The van der Waals surface area contributed by atoms with Crippen molar-refractivity contribution in [3.63, 3.8) is 0 Å². The molecule has 1 aromatic heterocycles. The molecule has 0 bridgehead atoms. The van der Waals surface area contributed by atoms with Crippen LogP contribution in [-0.4, -0.2) is 37.9 Å². The SMILES string of the molecule is CN(C(=O)c1ccco1)c1ccccc1C(=O)NCC(F)(F)CN. The lowest BCUT2D eigenvalue weighted by Gasteiger charge is -2.20. The third-order valence-corrected chi connectivity index (χ3v) is 3.35. The molecule has 0 aliphatic rings. The Morgan fingerprint density at radius 3 is 2.58 bits per heavy atom. The quantitative estimate of drug-likeness (QED) is 0.842. The highest BCUT2D eigenvalue weighted by molar-refractivity contribution is 6.09. The second-order valence-corrected chi connectivity index (χ2v) is 5.10. The smallest absolute Gasteiger partial charge is 0.293 e. The van der Waals surface area contributed by atoms with Gasteiger partial charge in [0, 0.05) is 7.05 Å². The van der Waals surface area contributed by atoms with Crippen LogP contribution in [0.3, 0.4) is 0 Å². The molecular weight excluding hydrogens is 320 g/mol. The van der Waals surface area contributed by atoms with E-state index in [2.05, 4.69) is 5.32 Å². The highest BCUT2D eigenvalue weighted by atomic mass is 19.3. The summed E-state index contributed by atoms with van der Waals surface area (Å²) < 4.78 is 31.4. The Morgan fingerprint density at radius 2 is 1.96 bits per heavy atom. The molecule has 1 heterocycles. The van der Waals surface area contributed by atoms with E-state index in [1.807, 2.05) is 0 Å². The van der Waals surface area contributed by atoms with E-state index in [0.717, 1.165) is 0 Å². The maximum absolute atomic E-state index is 13.2. The fraction of sp³-hybridized carbons (Fsp3) is 0.250. The lowest BCUT2D eigenvalue weighted by Crippen LogP contribution is -2.42. The average molecular weight is 337 g/mol. The summed E-state index contributed by atoms with van der Waals surface area (Å²) >= 11 is 0. The zero-order valence-electron chi connectivity index (χ0n) is 13.0. The van der Waals surface area contributed by atoms with Gasteiger partial charge in [-0.3, -0.25) is 9.59 Å². The summed E-state index contributed by atoms with van der Waals surface area (Å²) in [5, 5.41) is 2.13. The van der Waals surface area contributed by atoms with Crippen molar-refractivity contribution < 1.29 is 22.8 Å². The third kappa shape index (κ3) is 3.96. The molecule has 0 saturated carbocycles. The van der Waals surface area contributed by atoms with Crippen LogP contribution in [0, 0.1) is 0 Å². The topological polar surface area (TPSA) is 88.6 Å². The molecule has 128 valence electrons. The largest absolute Gasteiger partial charge is 0.459 e. The fourth-order valence-corrected chi connectivity index (χ4v) is 2.01. The first-order valence-electron chi connectivity index (χ1n) is 7.12. The molecule has 24 heavy (non-hydrogen) atoms. The van der Waals surface area contributed by atoms with Gasteiger partial charge in [-0.2, -0.15) is 0 Å². The van der Waals surface area contributed by atoms with Gasteiger partial charge in [0.15, 0.2) is 5.76 Å². The van der Waals surface area contributed by atoms with Gasteiger partial charge in [-0.25, -0.2) is 8.78 Å². The minimum Gasteiger partial charge on any atom is -0.459 e. The van der Waals surface area contributed by atoms with Crippen molar-refractivity contribution in [2.24, 2.45) is 5.73 Å². The molecular formula is C16H17F2N3O3. The Labute approximate surface area is 137 Å². The van der Waals surface area contributed by atoms with Gasteiger partial charge in [0.05, 0.1) is 30.6 Å². The molecule has 3 N–H and O–H groups in total. The number of amides is 2. The van der Waals surface area contributed by atoms with E-state index in [0.29, 0.717) is 0 Å². The minimum absolute atomic E-state index is 0.0905. The van der Waals surface area contributed by atoms with Gasteiger partial charge < -0.3 is 20.4 Å². The number of nitrogens with one attached hydrogen (secondary N) is 1. The zero-order chi connectivity index (χ0) is 17.7. The number of carbonyl (C=O) groups is 2. The van der Waals surface area contributed by atoms with E-state index in [1.165, 1.54) is 36.4 Å². The molecule has 0 unspecified atom stereocenters. The van der Waals surface area contributed by atoms with Crippen LogP contribution < -0.4 is 16.0 Å². The van der Waals surface area contributed by atoms with Crippen LogP contribution in [0.4, 0.5) is 14.5 Å². The molecule has 0 aliphatic heterocycles. The lowest BCUT2D eigenvalue weighted by atomic mass is 10.1. The number of furan rings is 1. The molecule has 0 radical (unpaired) electrons. The summed E-state index contributed by atoms with van der Waals surface area (Å²) in [7, 11) is 1.46. The predicted molar refractivity (Wildman–Crippen MR) is 84.2 cm³/mol. The summed E-state index contributed by atoms with van der Waals surface area (Å²) in [4.78, 5) is 25.7. The molecule has 2 rings (SSSR count). The van der Waals surface area contributed by atoms with Crippen LogP contribution in [0.5, 0.6) is 0 Å². The molecule has 2 amide bonds. The second kappa shape index (κ2) is 7.22. The Bertz CT molecular complexity index is 717. The molecule has 0 saturated heterocycles. The number of alkyl halides is 2. The number of para-hydroxylation sites is 1. The van der Waals surface area contributed by atoms with Crippen LogP contribution in [0.15, 0.2) is 47.1 Å². The molecule has 6 nitrogen and oxygen atoms in total. The van der Waals surface area contributed by atoms with Crippen molar-refractivity contribution in [2.45, 2.75) is 5.92 Å². The summed E-state index contributed by atoms with van der Waals surface area (Å²) in [6.07, 6.45) is 1.36. The van der Waals surface area contributed by atoms with Gasteiger partial charge in [0.1, 0.15) is 0 Å². The van der Waals surface area contributed by atoms with Crippen LogP contribution in [0.2, 0.25) is 0 Å². The number of halogens is 2. The van der Waals surface area contributed by atoms with E-state index in [9.17, 15) is 18.4 Å². The highest BCUT2D eigenvalue weighted by Crippen LogP contribution is 2.21. The Hall–Kier alpha value is -2.74. The number of carbonyl (C=O) groups excluding carboxylic acids is 2. The Morgan fingerprint density at radius 1 is 1.25 bits per heavy atom. The maximum atomic E-state index is 13.2. The van der Waals surface area contributed by atoms with Crippen molar-refractivity contribution in [1.29, 1.82) is 0 Å². The summed E-state index contributed by atoms with van der Waals surface area (Å²) in [6.45, 7) is -1.75. The highest BCUT2D eigenvalue weighted by Gasteiger charge is 2.28. The maximum Gasteiger partial charge on any atom is 0.293 e. The monoisotopic (exact) mass is 337 g/mol. The Balaban J connectivity index is 2.20. The lowest BCUT2D eigenvalue weighted by molar-refractivity contribution is 0.0118. The van der Waals surface area contributed by atoms with Crippen molar-refractivity contribution >= 4 is 17.5 Å². The first kappa shape index (κ1) is 17.6. The normalized spacial score (nSPS) is 11.2. The number of hydrogen-bond acceptors (Lipinski definition) is 4. The van der Waals surface area contributed by atoms with E-state index in [1.54, 1.807) is 18.2 Å². The number of benzene rings is 1. The number of nitrogens with two attached hydrogens (primary N) is 1. The van der Waals surface area contributed by atoms with Gasteiger partial charge in [0.2, 0.25) is 0 Å². The molecule has 0 spiro atoms. The van der Waals surface area contributed by atoms with Gasteiger partial charge in [-0.15, -0.1) is 0 Å². The first-order chi connectivity index (χ1) is 11.4. The van der Waals surface area contributed by atoms with Crippen molar-refractivity contribution in [1.82, 2.24) is 5.32 Å². The third-order valence-electron chi connectivity index (χ3n) is 3.35. The summed E-state index contributed by atoms with van der Waals surface area (Å²) in [6, 6.07) is 9.24. The first-order valence-corrected chi connectivity index (χ1v) is 7.12. The molecule has 0 aliphatic carbocycles. The van der Waals surface area contributed by atoms with E-state index >= 15 is 0 Å². The number of hydrogen-bond donors (Lipinski definition) is 2. The number of nitrogens with zero attached hydrogens (tertiary/aromatic N) is 1. The van der Waals surface area contributed by atoms with Crippen LogP contribution in [0.1, 0.15) is 20.9 Å². The van der Waals surface area contributed by atoms with Crippen LogP contribution in [-0.2, 0) is 0 Å². The Kier molecular flexibility index (Phi) is 5.30. The molecule has 8 heteroatoms. The van der Waals surface area contributed by atoms with E-state index in [-0.39, 0.29) is 17.0 Å².